The summed E-state index contributed by atoms with van der Waals surface area (Å²) in [6.45, 7) is 4.36. The zero-order valence-corrected chi connectivity index (χ0v) is 17.9. The number of hydrogen-bond acceptors (Lipinski definition) is 4. The lowest BCUT2D eigenvalue weighted by Gasteiger charge is -2.09. The Morgan fingerprint density at radius 2 is 1.83 bits per heavy atom. The van der Waals surface area contributed by atoms with Crippen LogP contribution in [0.15, 0.2) is 72.1 Å². The maximum atomic E-state index is 12.3. The molecule has 0 fully saturated rings. The largest absolute Gasteiger partial charge is 0.484 e. The molecule has 0 saturated heterocycles. The predicted molar refractivity (Wildman–Crippen MR) is 124 cm³/mol. The summed E-state index contributed by atoms with van der Waals surface area (Å²) in [5.41, 5.74) is 3.24. The number of aromatic nitrogens is 1. The lowest BCUT2D eigenvalue weighted by molar-refractivity contribution is -0.118. The number of rotatable bonds is 7. The monoisotopic (exact) mass is 416 g/mol. The van der Waals surface area contributed by atoms with E-state index in [1.54, 1.807) is 0 Å². The van der Waals surface area contributed by atoms with E-state index in [4.69, 9.17) is 4.74 Å². The van der Waals surface area contributed by atoms with Crippen LogP contribution in [0.4, 0.5) is 5.13 Å². The van der Waals surface area contributed by atoms with Crippen molar-refractivity contribution in [1.82, 2.24) is 4.98 Å². The minimum Gasteiger partial charge on any atom is -0.484 e. The first-order valence-corrected chi connectivity index (χ1v) is 11.0. The summed E-state index contributed by atoms with van der Waals surface area (Å²) in [6.07, 6.45) is 1.12. The van der Waals surface area contributed by atoms with Crippen LogP contribution in [0.1, 0.15) is 31.7 Å². The van der Waals surface area contributed by atoms with Gasteiger partial charge in [0.15, 0.2) is 11.7 Å². The number of amides is 1. The fourth-order valence-electron chi connectivity index (χ4n) is 3.24. The highest BCUT2D eigenvalue weighted by Gasteiger charge is 2.10. The van der Waals surface area contributed by atoms with Crippen molar-refractivity contribution in [3.63, 3.8) is 0 Å². The topological polar surface area (TPSA) is 51.2 Å². The van der Waals surface area contributed by atoms with Gasteiger partial charge in [0, 0.05) is 10.9 Å². The van der Waals surface area contributed by atoms with Gasteiger partial charge in [-0.2, -0.15) is 0 Å². The molecule has 0 spiro atoms. The molecule has 0 bridgehead atoms. The van der Waals surface area contributed by atoms with E-state index >= 15 is 0 Å². The second-order valence-electron chi connectivity index (χ2n) is 7.32. The lowest BCUT2D eigenvalue weighted by atomic mass is 9.97. The fraction of sp³-hybridized carbons (Fsp3) is 0.200. The van der Waals surface area contributed by atoms with Crippen LogP contribution in [-0.2, 0) is 4.79 Å². The van der Waals surface area contributed by atoms with E-state index in [1.807, 2.05) is 47.8 Å². The predicted octanol–water partition coefficient (Wildman–Crippen LogP) is 6.49. The lowest BCUT2D eigenvalue weighted by Crippen LogP contribution is -2.20. The fourth-order valence-corrected chi connectivity index (χ4v) is 3.98. The Bertz CT molecular complexity index is 1150. The molecule has 1 unspecified atom stereocenters. The van der Waals surface area contributed by atoms with Gasteiger partial charge in [0.1, 0.15) is 5.75 Å². The summed E-state index contributed by atoms with van der Waals surface area (Å²) in [5, 5.41) is 7.57. The van der Waals surface area contributed by atoms with Gasteiger partial charge >= 0.3 is 0 Å². The Morgan fingerprint density at radius 3 is 2.60 bits per heavy atom. The molecule has 3 aromatic carbocycles. The molecule has 0 saturated carbocycles. The quantitative estimate of drug-likeness (QED) is 0.374. The van der Waals surface area contributed by atoms with Crippen molar-refractivity contribution in [2.24, 2.45) is 0 Å². The van der Waals surface area contributed by atoms with Crippen molar-refractivity contribution in [2.45, 2.75) is 26.2 Å². The maximum absolute atomic E-state index is 12.3. The first kappa shape index (κ1) is 20.1. The number of carbonyl (C=O) groups is 1. The number of benzene rings is 3. The molecule has 30 heavy (non-hydrogen) atoms. The van der Waals surface area contributed by atoms with Crippen molar-refractivity contribution in [2.75, 3.05) is 11.9 Å². The molecule has 1 atom stereocenters. The Morgan fingerprint density at radius 1 is 1.07 bits per heavy atom. The Kier molecular flexibility index (Phi) is 6.10. The Labute approximate surface area is 180 Å². The van der Waals surface area contributed by atoms with E-state index in [2.05, 4.69) is 48.4 Å². The molecule has 1 amide bonds. The maximum Gasteiger partial charge on any atom is 0.264 e. The number of ether oxygens (including phenoxy) is 1. The first-order valence-electron chi connectivity index (χ1n) is 10.1. The molecule has 0 radical (unpaired) electrons. The highest BCUT2D eigenvalue weighted by Crippen LogP contribution is 2.27. The van der Waals surface area contributed by atoms with Crippen LogP contribution in [0.25, 0.3) is 22.0 Å². The summed E-state index contributed by atoms with van der Waals surface area (Å²) in [6, 6.07) is 22.3. The van der Waals surface area contributed by atoms with Crippen LogP contribution >= 0.6 is 11.3 Å². The van der Waals surface area contributed by atoms with Crippen molar-refractivity contribution in [1.29, 1.82) is 0 Å². The highest BCUT2D eigenvalue weighted by atomic mass is 32.1. The molecule has 5 heteroatoms. The van der Waals surface area contributed by atoms with Gasteiger partial charge in [0.2, 0.25) is 0 Å². The molecular weight excluding hydrogens is 392 g/mol. The van der Waals surface area contributed by atoms with Crippen LogP contribution in [0, 0.1) is 0 Å². The average Bonchev–Trinajstić information content (AvgIpc) is 3.25. The normalized spacial score (nSPS) is 11.9. The molecule has 1 aromatic heterocycles. The van der Waals surface area contributed by atoms with Crippen molar-refractivity contribution >= 4 is 33.1 Å². The summed E-state index contributed by atoms with van der Waals surface area (Å²) in [5.74, 6) is 0.994. The average molecular weight is 417 g/mol. The van der Waals surface area contributed by atoms with E-state index in [0.29, 0.717) is 16.8 Å². The first-order chi connectivity index (χ1) is 14.6. The molecular formula is C25H24N2O2S. The third-order valence-corrected chi connectivity index (χ3v) is 5.99. The second kappa shape index (κ2) is 9.09. The molecule has 1 N–H and O–H groups in total. The van der Waals surface area contributed by atoms with Gasteiger partial charge in [0.25, 0.3) is 5.91 Å². The molecule has 4 aromatic rings. The Hall–Kier alpha value is -3.18. The zero-order chi connectivity index (χ0) is 20.9. The number of thiazole rings is 1. The van der Waals surface area contributed by atoms with E-state index < -0.39 is 0 Å². The summed E-state index contributed by atoms with van der Waals surface area (Å²) >= 11 is 1.41. The SMILES string of the molecule is CCC(C)c1ccc(-c2csc(NC(=O)COc3ccc4ccccc4c3)n2)cc1. The van der Waals surface area contributed by atoms with Gasteiger partial charge in [-0.1, -0.05) is 68.4 Å². The summed E-state index contributed by atoms with van der Waals surface area (Å²) < 4.78 is 5.65. The number of anilines is 1. The van der Waals surface area contributed by atoms with E-state index in [1.165, 1.54) is 16.9 Å². The van der Waals surface area contributed by atoms with Gasteiger partial charge in [-0.05, 0) is 40.8 Å². The zero-order valence-electron chi connectivity index (χ0n) is 17.1. The number of fused-ring (bicyclic) bond motifs is 1. The summed E-state index contributed by atoms with van der Waals surface area (Å²) in [4.78, 5) is 16.8. The third kappa shape index (κ3) is 4.69. The molecule has 1 heterocycles. The molecule has 4 rings (SSSR count). The highest BCUT2D eigenvalue weighted by molar-refractivity contribution is 7.14. The molecule has 0 aliphatic rings. The van der Waals surface area contributed by atoms with Crippen molar-refractivity contribution in [3.05, 3.63) is 77.7 Å². The van der Waals surface area contributed by atoms with Gasteiger partial charge < -0.3 is 4.74 Å². The minimum atomic E-state index is -0.226. The standard InChI is InChI=1S/C25H24N2O2S/c1-3-17(2)18-8-10-20(11-9-18)23-16-30-25(26-23)27-24(28)15-29-22-13-12-19-6-4-5-7-21(19)14-22/h4-14,16-17H,3,15H2,1-2H3,(H,26,27,28). The number of hydrogen-bond donors (Lipinski definition) is 1. The van der Waals surface area contributed by atoms with E-state index in [0.717, 1.165) is 28.5 Å². The Balaban J connectivity index is 1.35. The number of nitrogens with one attached hydrogen (secondary N) is 1. The van der Waals surface area contributed by atoms with Crippen LogP contribution < -0.4 is 10.1 Å². The van der Waals surface area contributed by atoms with Gasteiger partial charge in [-0.3, -0.25) is 10.1 Å². The summed E-state index contributed by atoms with van der Waals surface area (Å²) in [7, 11) is 0. The smallest absolute Gasteiger partial charge is 0.264 e. The van der Waals surface area contributed by atoms with Crippen LogP contribution in [0.2, 0.25) is 0 Å². The van der Waals surface area contributed by atoms with E-state index in [-0.39, 0.29) is 12.5 Å². The van der Waals surface area contributed by atoms with Gasteiger partial charge in [-0.15, -0.1) is 11.3 Å². The third-order valence-electron chi connectivity index (χ3n) is 5.23. The van der Waals surface area contributed by atoms with Crippen molar-refractivity contribution < 1.29 is 9.53 Å². The van der Waals surface area contributed by atoms with Gasteiger partial charge in [0.05, 0.1) is 5.69 Å². The van der Waals surface area contributed by atoms with Crippen LogP contribution in [-0.4, -0.2) is 17.5 Å². The second-order valence-corrected chi connectivity index (χ2v) is 8.17. The van der Waals surface area contributed by atoms with E-state index in [9.17, 15) is 4.79 Å². The van der Waals surface area contributed by atoms with Crippen molar-refractivity contribution in [3.8, 4) is 17.0 Å². The number of nitrogens with zero attached hydrogens (tertiary/aromatic N) is 1. The molecule has 0 aliphatic carbocycles. The number of carbonyl (C=O) groups excluding carboxylic acids is 1. The molecule has 0 aliphatic heterocycles. The minimum absolute atomic E-state index is 0.0587. The van der Waals surface area contributed by atoms with Crippen LogP contribution in [0.5, 0.6) is 5.75 Å². The van der Waals surface area contributed by atoms with Gasteiger partial charge in [-0.25, -0.2) is 4.98 Å². The van der Waals surface area contributed by atoms with Crippen LogP contribution in [0.3, 0.4) is 0 Å². The molecule has 152 valence electrons. The molecule has 4 nitrogen and oxygen atoms in total.